The van der Waals surface area contributed by atoms with E-state index in [1.165, 1.54) is 28.8 Å². The van der Waals surface area contributed by atoms with Gasteiger partial charge in [-0.15, -0.1) is 11.3 Å². The van der Waals surface area contributed by atoms with Crippen LogP contribution in [0.1, 0.15) is 6.92 Å². The molecule has 2 nitrogen and oxygen atoms in total. The average molecular weight is 212 g/mol. The molecule has 2 rings (SSSR count). The number of phenols is 1. The molecule has 1 N–H and O–H groups in total. The van der Waals surface area contributed by atoms with Gasteiger partial charge in [0.2, 0.25) is 0 Å². The van der Waals surface area contributed by atoms with Crippen LogP contribution in [0.3, 0.4) is 0 Å². The summed E-state index contributed by atoms with van der Waals surface area (Å²) in [6.45, 7) is 2.26. The second-order valence-corrected chi connectivity index (χ2v) is 3.74. The molecule has 1 aromatic carbocycles. The van der Waals surface area contributed by atoms with Gasteiger partial charge in [0.05, 0.1) is 6.61 Å². The number of hydrogen-bond donors (Lipinski definition) is 1. The van der Waals surface area contributed by atoms with E-state index in [-0.39, 0.29) is 11.6 Å². The van der Waals surface area contributed by atoms with Gasteiger partial charge in [-0.2, -0.15) is 0 Å². The number of benzene rings is 1. The van der Waals surface area contributed by atoms with Gasteiger partial charge < -0.3 is 9.84 Å². The Balaban J connectivity index is 2.61. The third-order valence-corrected chi connectivity index (χ3v) is 2.82. The van der Waals surface area contributed by atoms with Crippen LogP contribution in [0.25, 0.3) is 10.1 Å². The standard InChI is InChI=1S/C10H9FO2S/c1-2-13-9-3-6-7(11)5-14-10(6)4-8(9)12/h3-5,12H,2H2,1H3. The second kappa shape index (κ2) is 3.46. The SMILES string of the molecule is CCOc1cc2c(F)csc2cc1O. The van der Waals surface area contributed by atoms with Gasteiger partial charge in [-0.1, -0.05) is 0 Å². The molecular formula is C10H9FO2S. The molecule has 0 spiro atoms. The molecule has 0 amide bonds. The van der Waals surface area contributed by atoms with E-state index in [9.17, 15) is 9.50 Å². The maximum absolute atomic E-state index is 13.2. The lowest BCUT2D eigenvalue weighted by Gasteiger charge is -2.05. The largest absolute Gasteiger partial charge is 0.504 e. The lowest BCUT2D eigenvalue weighted by molar-refractivity contribution is 0.319. The third-order valence-electron chi connectivity index (χ3n) is 1.91. The van der Waals surface area contributed by atoms with E-state index in [4.69, 9.17) is 4.74 Å². The molecule has 74 valence electrons. The van der Waals surface area contributed by atoms with Crippen molar-refractivity contribution in [3.8, 4) is 11.5 Å². The molecule has 0 radical (unpaired) electrons. The van der Waals surface area contributed by atoms with Crippen LogP contribution in [0.5, 0.6) is 11.5 Å². The molecule has 0 saturated carbocycles. The zero-order valence-electron chi connectivity index (χ0n) is 7.58. The minimum atomic E-state index is -0.272. The summed E-state index contributed by atoms with van der Waals surface area (Å²) in [5, 5.41) is 11.4. The molecule has 4 heteroatoms. The maximum Gasteiger partial charge on any atom is 0.161 e. The molecule has 2 aromatic rings. The average Bonchev–Trinajstić information content (AvgIpc) is 2.49. The molecule has 0 bridgehead atoms. The minimum absolute atomic E-state index is 0.0567. The van der Waals surface area contributed by atoms with Gasteiger partial charge in [0.25, 0.3) is 0 Å². The van der Waals surface area contributed by atoms with Crippen molar-refractivity contribution in [3.63, 3.8) is 0 Å². The van der Waals surface area contributed by atoms with Crippen molar-refractivity contribution in [1.82, 2.24) is 0 Å². The van der Waals surface area contributed by atoms with Crippen LogP contribution in [0.2, 0.25) is 0 Å². The van der Waals surface area contributed by atoms with Gasteiger partial charge in [-0.25, -0.2) is 4.39 Å². The number of halogens is 1. The number of phenolic OH excluding ortho intramolecular Hbond substituents is 1. The van der Waals surface area contributed by atoms with Crippen molar-refractivity contribution in [2.45, 2.75) is 6.92 Å². The first-order chi connectivity index (χ1) is 6.72. The van der Waals surface area contributed by atoms with E-state index in [0.29, 0.717) is 17.7 Å². The summed E-state index contributed by atoms with van der Waals surface area (Å²) < 4.78 is 19.1. The summed E-state index contributed by atoms with van der Waals surface area (Å²) in [5.74, 6) is 0.115. The zero-order valence-corrected chi connectivity index (χ0v) is 8.40. The van der Waals surface area contributed by atoms with Crippen molar-refractivity contribution in [1.29, 1.82) is 0 Å². The Morgan fingerprint density at radius 1 is 1.50 bits per heavy atom. The summed E-state index contributed by atoms with van der Waals surface area (Å²) in [7, 11) is 0. The molecule has 1 heterocycles. The van der Waals surface area contributed by atoms with E-state index in [1.807, 2.05) is 6.92 Å². The molecule has 14 heavy (non-hydrogen) atoms. The number of hydrogen-bond acceptors (Lipinski definition) is 3. The summed E-state index contributed by atoms with van der Waals surface area (Å²) >= 11 is 1.26. The van der Waals surface area contributed by atoms with Gasteiger partial charge in [-0.3, -0.25) is 0 Å². The van der Waals surface area contributed by atoms with Gasteiger partial charge in [0.1, 0.15) is 5.82 Å². The lowest BCUT2D eigenvalue weighted by atomic mass is 10.2. The number of rotatable bonds is 2. The van der Waals surface area contributed by atoms with Crippen molar-refractivity contribution in [2.24, 2.45) is 0 Å². The van der Waals surface area contributed by atoms with Crippen LogP contribution in [0, 0.1) is 5.82 Å². The van der Waals surface area contributed by atoms with Crippen molar-refractivity contribution < 1.29 is 14.2 Å². The van der Waals surface area contributed by atoms with E-state index in [2.05, 4.69) is 0 Å². The summed E-state index contributed by atoms with van der Waals surface area (Å²) in [5.41, 5.74) is 0. The Bertz CT molecular complexity index is 464. The maximum atomic E-state index is 13.2. The molecule has 0 aliphatic heterocycles. The Morgan fingerprint density at radius 2 is 2.29 bits per heavy atom. The molecule has 0 saturated heterocycles. The van der Waals surface area contributed by atoms with Gasteiger partial charge in [0, 0.05) is 21.5 Å². The molecule has 1 aromatic heterocycles. The quantitative estimate of drug-likeness (QED) is 0.828. The Hall–Kier alpha value is -1.29. The van der Waals surface area contributed by atoms with E-state index < -0.39 is 0 Å². The van der Waals surface area contributed by atoms with Crippen LogP contribution in [-0.2, 0) is 0 Å². The van der Waals surface area contributed by atoms with Crippen LogP contribution >= 0.6 is 11.3 Å². The number of ether oxygens (including phenoxy) is 1. The van der Waals surface area contributed by atoms with Crippen molar-refractivity contribution in [3.05, 3.63) is 23.3 Å². The minimum Gasteiger partial charge on any atom is -0.504 e. The van der Waals surface area contributed by atoms with E-state index in [1.54, 1.807) is 0 Å². The van der Waals surface area contributed by atoms with E-state index in [0.717, 1.165) is 4.70 Å². The van der Waals surface area contributed by atoms with Crippen molar-refractivity contribution >= 4 is 21.4 Å². The molecule has 0 fully saturated rings. The fourth-order valence-electron chi connectivity index (χ4n) is 1.28. The van der Waals surface area contributed by atoms with Gasteiger partial charge >= 0.3 is 0 Å². The highest BCUT2D eigenvalue weighted by atomic mass is 32.1. The number of thiophene rings is 1. The van der Waals surface area contributed by atoms with Crippen LogP contribution in [0.4, 0.5) is 4.39 Å². The third kappa shape index (κ3) is 1.42. The number of fused-ring (bicyclic) bond motifs is 1. The topological polar surface area (TPSA) is 29.5 Å². The predicted molar refractivity (Wildman–Crippen MR) is 54.6 cm³/mol. The van der Waals surface area contributed by atoms with Crippen molar-refractivity contribution in [2.75, 3.05) is 6.61 Å². The number of aromatic hydroxyl groups is 1. The Morgan fingerprint density at radius 3 is 3.00 bits per heavy atom. The van der Waals surface area contributed by atoms with Gasteiger partial charge in [0.15, 0.2) is 11.5 Å². The predicted octanol–water partition coefficient (Wildman–Crippen LogP) is 3.14. The zero-order chi connectivity index (χ0) is 10.1. The Labute approximate surface area is 84.6 Å². The first-order valence-electron chi connectivity index (χ1n) is 4.25. The van der Waals surface area contributed by atoms with Crippen LogP contribution in [-0.4, -0.2) is 11.7 Å². The molecule has 0 aliphatic carbocycles. The molecule has 0 aliphatic rings. The second-order valence-electron chi connectivity index (χ2n) is 2.83. The Kier molecular flexibility index (Phi) is 2.29. The first kappa shape index (κ1) is 9.27. The smallest absolute Gasteiger partial charge is 0.161 e. The highest BCUT2D eigenvalue weighted by Gasteiger charge is 2.09. The van der Waals surface area contributed by atoms with Gasteiger partial charge in [-0.05, 0) is 13.0 Å². The normalized spacial score (nSPS) is 10.7. The van der Waals surface area contributed by atoms with Crippen LogP contribution < -0.4 is 4.74 Å². The fraction of sp³-hybridized carbons (Fsp3) is 0.200. The first-order valence-corrected chi connectivity index (χ1v) is 5.13. The monoisotopic (exact) mass is 212 g/mol. The highest BCUT2D eigenvalue weighted by Crippen LogP contribution is 2.35. The van der Waals surface area contributed by atoms with E-state index >= 15 is 0 Å². The molecule has 0 atom stereocenters. The summed E-state index contributed by atoms with van der Waals surface area (Å²) in [6, 6.07) is 3.05. The summed E-state index contributed by atoms with van der Waals surface area (Å²) in [4.78, 5) is 0. The molecule has 0 unspecified atom stereocenters. The molecular weight excluding hydrogens is 203 g/mol. The fourth-order valence-corrected chi connectivity index (χ4v) is 2.10. The highest BCUT2D eigenvalue weighted by molar-refractivity contribution is 7.17. The lowest BCUT2D eigenvalue weighted by Crippen LogP contribution is -1.91. The van der Waals surface area contributed by atoms with Crippen LogP contribution in [0.15, 0.2) is 17.5 Å². The summed E-state index contributed by atoms with van der Waals surface area (Å²) in [6.07, 6.45) is 0.